The zero-order valence-corrected chi connectivity index (χ0v) is 12.7. The molecule has 0 saturated carbocycles. The molecule has 2 aromatic rings. The van der Waals surface area contributed by atoms with Crippen molar-refractivity contribution in [3.63, 3.8) is 0 Å². The number of H-pyrrole nitrogens is 1. The molecule has 1 aliphatic rings. The quantitative estimate of drug-likeness (QED) is 0.873. The number of benzene rings is 1. The summed E-state index contributed by atoms with van der Waals surface area (Å²) in [5.74, 6) is -0.526. The summed E-state index contributed by atoms with van der Waals surface area (Å²) in [4.78, 5) is 40.8. The Hall–Kier alpha value is -2.77. The smallest absolute Gasteiger partial charge is 0.417 e. The maximum Gasteiger partial charge on any atom is 0.417 e. The van der Waals surface area contributed by atoms with Crippen LogP contribution < -0.4 is 5.76 Å². The minimum Gasteiger partial charge on any atom is -0.453 e. The third kappa shape index (κ3) is 3.20. The highest BCUT2D eigenvalue weighted by Gasteiger charge is 2.24. The van der Waals surface area contributed by atoms with Gasteiger partial charge in [0.2, 0.25) is 5.91 Å². The van der Waals surface area contributed by atoms with Crippen molar-refractivity contribution in [1.29, 1.82) is 0 Å². The maximum atomic E-state index is 12.4. The number of hydrogen-bond acceptors (Lipinski definition) is 5. The molecule has 122 valence electrons. The Kier molecular flexibility index (Phi) is 4.05. The highest BCUT2D eigenvalue weighted by molar-refractivity contribution is 5.81. The van der Waals surface area contributed by atoms with E-state index in [1.807, 2.05) is 0 Å². The zero-order chi connectivity index (χ0) is 16.4. The molecule has 8 heteroatoms. The van der Waals surface area contributed by atoms with Gasteiger partial charge in [-0.2, -0.15) is 0 Å². The Morgan fingerprint density at radius 2 is 1.91 bits per heavy atom. The summed E-state index contributed by atoms with van der Waals surface area (Å²) in [6.45, 7) is 1.90. The molecule has 1 aromatic carbocycles. The summed E-state index contributed by atoms with van der Waals surface area (Å²) in [7, 11) is 1.34. The lowest BCUT2D eigenvalue weighted by Crippen LogP contribution is -2.50. The Balaban J connectivity index is 1.62. The molecular formula is C15H17N3O5. The van der Waals surface area contributed by atoms with E-state index in [0.717, 1.165) is 5.56 Å². The maximum absolute atomic E-state index is 12.4. The van der Waals surface area contributed by atoms with Crippen molar-refractivity contribution in [1.82, 2.24) is 14.8 Å². The SMILES string of the molecule is COC(=O)N1CCN(C(=O)Cc2ccc3oc(=O)[nH]c3c2)CC1. The number of carbonyl (C=O) groups is 2. The second kappa shape index (κ2) is 6.15. The standard InChI is InChI=1S/C15H17N3O5/c1-22-15(21)18-6-4-17(5-7-18)13(19)9-10-2-3-12-11(8-10)16-14(20)23-12/h2-3,8H,4-7,9H2,1H3,(H,16,20). The number of fused-ring (bicyclic) bond motifs is 1. The topological polar surface area (TPSA) is 95.8 Å². The molecule has 23 heavy (non-hydrogen) atoms. The molecule has 2 amide bonds. The van der Waals surface area contributed by atoms with Crippen molar-refractivity contribution in [2.75, 3.05) is 33.3 Å². The molecule has 0 bridgehead atoms. The first kappa shape index (κ1) is 15.1. The van der Waals surface area contributed by atoms with Gasteiger partial charge in [-0.1, -0.05) is 6.07 Å². The Bertz CT molecular complexity index is 786. The van der Waals surface area contributed by atoms with E-state index in [1.165, 1.54) is 7.11 Å². The number of aromatic nitrogens is 1. The average Bonchev–Trinajstić information content (AvgIpc) is 2.93. The molecule has 0 radical (unpaired) electrons. The number of methoxy groups -OCH3 is 1. The Morgan fingerprint density at radius 3 is 2.61 bits per heavy atom. The molecule has 3 rings (SSSR count). The van der Waals surface area contributed by atoms with Crippen LogP contribution in [0.3, 0.4) is 0 Å². The lowest BCUT2D eigenvalue weighted by Gasteiger charge is -2.33. The molecule has 0 spiro atoms. The number of hydrogen-bond donors (Lipinski definition) is 1. The average molecular weight is 319 g/mol. The van der Waals surface area contributed by atoms with Crippen molar-refractivity contribution < 1.29 is 18.7 Å². The molecule has 1 aliphatic heterocycles. The van der Waals surface area contributed by atoms with Gasteiger partial charge in [-0.15, -0.1) is 0 Å². The van der Waals surface area contributed by atoms with E-state index in [4.69, 9.17) is 4.42 Å². The Morgan fingerprint density at radius 1 is 1.22 bits per heavy atom. The monoisotopic (exact) mass is 319 g/mol. The van der Waals surface area contributed by atoms with Crippen LogP contribution in [-0.4, -0.2) is 60.1 Å². The number of amides is 2. The second-order valence-corrected chi connectivity index (χ2v) is 5.36. The first-order chi connectivity index (χ1) is 11.1. The van der Waals surface area contributed by atoms with Gasteiger partial charge in [0, 0.05) is 26.2 Å². The fourth-order valence-electron chi connectivity index (χ4n) is 2.66. The fourth-order valence-corrected chi connectivity index (χ4v) is 2.66. The molecule has 2 heterocycles. The molecule has 1 N–H and O–H groups in total. The van der Waals surface area contributed by atoms with Crippen LogP contribution in [0.4, 0.5) is 4.79 Å². The molecule has 0 atom stereocenters. The van der Waals surface area contributed by atoms with Crippen LogP contribution in [0.15, 0.2) is 27.4 Å². The second-order valence-electron chi connectivity index (χ2n) is 5.36. The van der Waals surface area contributed by atoms with Gasteiger partial charge in [0.15, 0.2) is 5.58 Å². The number of aromatic amines is 1. The molecule has 0 aliphatic carbocycles. The Labute approximate surface area is 131 Å². The number of carbonyl (C=O) groups excluding carboxylic acids is 2. The van der Waals surface area contributed by atoms with Crippen LogP contribution in [0.2, 0.25) is 0 Å². The van der Waals surface area contributed by atoms with Crippen molar-refractivity contribution >= 4 is 23.1 Å². The molecule has 8 nitrogen and oxygen atoms in total. The van der Waals surface area contributed by atoms with Gasteiger partial charge < -0.3 is 19.0 Å². The van der Waals surface area contributed by atoms with Gasteiger partial charge in [-0.05, 0) is 17.7 Å². The summed E-state index contributed by atoms with van der Waals surface area (Å²) in [5, 5.41) is 0. The lowest BCUT2D eigenvalue weighted by atomic mass is 10.1. The third-order valence-electron chi connectivity index (χ3n) is 3.90. The fraction of sp³-hybridized carbons (Fsp3) is 0.400. The van der Waals surface area contributed by atoms with E-state index in [1.54, 1.807) is 28.0 Å². The predicted molar refractivity (Wildman–Crippen MR) is 81.1 cm³/mol. The molecule has 1 saturated heterocycles. The van der Waals surface area contributed by atoms with Crippen LogP contribution in [0, 0.1) is 0 Å². The first-order valence-corrected chi connectivity index (χ1v) is 7.29. The van der Waals surface area contributed by atoms with Crippen molar-refractivity contribution in [2.45, 2.75) is 6.42 Å². The van der Waals surface area contributed by atoms with Gasteiger partial charge in [-0.3, -0.25) is 9.78 Å². The van der Waals surface area contributed by atoms with E-state index in [0.29, 0.717) is 37.3 Å². The van der Waals surface area contributed by atoms with Crippen molar-refractivity contribution in [3.05, 3.63) is 34.3 Å². The molecule has 1 aromatic heterocycles. The number of nitrogens with one attached hydrogen (secondary N) is 1. The summed E-state index contributed by atoms with van der Waals surface area (Å²) in [6.07, 6.45) is -0.132. The van der Waals surface area contributed by atoms with Gasteiger partial charge in [0.1, 0.15) is 0 Å². The van der Waals surface area contributed by atoms with E-state index < -0.39 is 5.76 Å². The highest BCUT2D eigenvalue weighted by atomic mass is 16.5. The number of nitrogens with zero attached hydrogens (tertiary/aromatic N) is 2. The normalized spacial score (nSPS) is 15.0. The largest absolute Gasteiger partial charge is 0.453 e. The number of ether oxygens (including phenoxy) is 1. The van der Waals surface area contributed by atoms with Gasteiger partial charge in [0.05, 0.1) is 19.0 Å². The van der Waals surface area contributed by atoms with Crippen molar-refractivity contribution in [2.24, 2.45) is 0 Å². The molecule has 0 unspecified atom stereocenters. The van der Waals surface area contributed by atoms with Crippen LogP contribution in [0.1, 0.15) is 5.56 Å². The van der Waals surface area contributed by atoms with Crippen molar-refractivity contribution in [3.8, 4) is 0 Å². The van der Waals surface area contributed by atoms with Gasteiger partial charge in [0.25, 0.3) is 0 Å². The van der Waals surface area contributed by atoms with E-state index in [9.17, 15) is 14.4 Å². The molecular weight excluding hydrogens is 302 g/mol. The van der Waals surface area contributed by atoms with Crippen LogP contribution in [0.5, 0.6) is 0 Å². The molecule has 1 fully saturated rings. The lowest BCUT2D eigenvalue weighted by molar-refractivity contribution is -0.132. The number of oxazole rings is 1. The summed E-state index contributed by atoms with van der Waals surface area (Å²) in [5.41, 5.74) is 1.85. The van der Waals surface area contributed by atoms with Gasteiger partial charge >= 0.3 is 11.8 Å². The summed E-state index contributed by atoms with van der Waals surface area (Å²) in [6, 6.07) is 5.18. The summed E-state index contributed by atoms with van der Waals surface area (Å²) >= 11 is 0. The number of piperazine rings is 1. The predicted octanol–water partition coefficient (Wildman–Crippen LogP) is 0.574. The minimum absolute atomic E-state index is 0.0142. The van der Waals surface area contributed by atoms with Crippen LogP contribution >= 0.6 is 0 Å². The van der Waals surface area contributed by atoms with Crippen LogP contribution in [-0.2, 0) is 16.0 Å². The van der Waals surface area contributed by atoms with Gasteiger partial charge in [-0.25, -0.2) is 9.59 Å². The highest BCUT2D eigenvalue weighted by Crippen LogP contribution is 2.14. The van der Waals surface area contributed by atoms with Crippen LogP contribution in [0.25, 0.3) is 11.1 Å². The van der Waals surface area contributed by atoms with E-state index >= 15 is 0 Å². The zero-order valence-electron chi connectivity index (χ0n) is 12.7. The third-order valence-corrected chi connectivity index (χ3v) is 3.90. The summed E-state index contributed by atoms with van der Waals surface area (Å²) < 4.78 is 9.60. The first-order valence-electron chi connectivity index (χ1n) is 7.29. The minimum atomic E-state index is -0.512. The number of rotatable bonds is 2. The van der Waals surface area contributed by atoms with E-state index in [-0.39, 0.29) is 18.4 Å². The van der Waals surface area contributed by atoms with E-state index in [2.05, 4.69) is 9.72 Å².